The zero-order chi connectivity index (χ0) is 24.7. The maximum atomic E-state index is 15.4. The molecule has 0 unspecified atom stereocenters. The average Bonchev–Trinajstić information content (AvgIpc) is 2.79. The molecular weight excluding hydrogens is 451 g/mol. The zero-order valence-corrected chi connectivity index (χ0v) is 21.7. The summed E-state index contributed by atoms with van der Waals surface area (Å²) in [6.45, 7) is 9.46. The van der Waals surface area contributed by atoms with Crippen molar-refractivity contribution >= 4 is 28.6 Å². The molecule has 7 heteroatoms. The molecule has 0 amide bonds. The molecule has 1 saturated heterocycles. The topological polar surface area (TPSA) is 62.7 Å². The SMILES string of the molecule is COc1ccc2nccc([C@H](F)CC[C@@H]3CCN(CCCSC(C)(C)C)C[C@@H]3CC(=O)O)c2c1. The number of alkyl halides is 1. The Morgan fingerprint density at radius 3 is 2.82 bits per heavy atom. The summed E-state index contributed by atoms with van der Waals surface area (Å²) in [4.78, 5) is 18.3. The van der Waals surface area contributed by atoms with Crippen LogP contribution in [0.1, 0.15) is 64.6 Å². The summed E-state index contributed by atoms with van der Waals surface area (Å²) in [5.41, 5.74) is 1.38. The van der Waals surface area contributed by atoms with Gasteiger partial charge in [-0.1, -0.05) is 20.8 Å². The van der Waals surface area contributed by atoms with Gasteiger partial charge in [0.2, 0.25) is 0 Å². The number of piperidine rings is 1. The standard InChI is InChI=1S/C27H39FN2O3S/c1-27(2,3)34-15-5-13-30-14-11-19(20(18-30)16-26(31)32)6-8-24(28)22-10-12-29-25-9-7-21(33-4)17-23(22)25/h7,9-10,12,17,19-20,24H,5-6,8,11,13-16,18H2,1-4H3,(H,31,32)/t19-,20+,24-/m1/s1. The Labute approximate surface area is 207 Å². The highest BCUT2D eigenvalue weighted by Crippen LogP contribution is 2.36. The molecule has 188 valence electrons. The number of carboxylic acid groups (broad SMARTS) is 1. The van der Waals surface area contributed by atoms with E-state index in [0.717, 1.165) is 49.1 Å². The van der Waals surface area contributed by atoms with Gasteiger partial charge in [0, 0.05) is 29.3 Å². The molecule has 5 nitrogen and oxygen atoms in total. The number of aliphatic carboxylic acids is 1. The Kier molecular flexibility index (Phi) is 9.60. The molecule has 3 rings (SSSR count). The maximum absolute atomic E-state index is 15.4. The van der Waals surface area contributed by atoms with E-state index in [4.69, 9.17) is 4.74 Å². The van der Waals surface area contributed by atoms with Crippen LogP contribution in [0.2, 0.25) is 0 Å². The monoisotopic (exact) mass is 490 g/mol. The van der Waals surface area contributed by atoms with Crippen LogP contribution >= 0.6 is 11.8 Å². The lowest BCUT2D eigenvalue weighted by atomic mass is 9.79. The molecule has 3 atom stereocenters. The van der Waals surface area contributed by atoms with Crippen molar-refractivity contribution in [2.45, 2.75) is 63.8 Å². The van der Waals surface area contributed by atoms with Crippen molar-refractivity contribution in [1.82, 2.24) is 9.88 Å². The fourth-order valence-electron chi connectivity index (χ4n) is 4.92. The minimum atomic E-state index is -1.12. The van der Waals surface area contributed by atoms with E-state index in [1.165, 1.54) is 0 Å². The number of nitrogens with zero attached hydrogens (tertiary/aromatic N) is 2. The van der Waals surface area contributed by atoms with Gasteiger partial charge in [-0.15, -0.1) is 0 Å². The van der Waals surface area contributed by atoms with Crippen molar-refractivity contribution in [1.29, 1.82) is 0 Å². The molecule has 1 fully saturated rings. The van der Waals surface area contributed by atoms with Crippen LogP contribution in [-0.2, 0) is 4.79 Å². The van der Waals surface area contributed by atoms with Crippen molar-refractivity contribution in [3.8, 4) is 5.75 Å². The Morgan fingerprint density at radius 2 is 2.12 bits per heavy atom. The quantitative estimate of drug-likeness (QED) is 0.369. The smallest absolute Gasteiger partial charge is 0.303 e. The van der Waals surface area contributed by atoms with E-state index in [0.29, 0.717) is 24.2 Å². The fraction of sp³-hybridized carbons (Fsp3) is 0.630. The van der Waals surface area contributed by atoms with Crippen molar-refractivity contribution in [2.24, 2.45) is 11.8 Å². The largest absolute Gasteiger partial charge is 0.497 e. The second-order valence-electron chi connectivity index (χ2n) is 10.3. The number of rotatable bonds is 11. The Morgan fingerprint density at radius 1 is 1.32 bits per heavy atom. The van der Waals surface area contributed by atoms with Gasteiger partial charge < -0.3 is 14.7 Å². The number of hydrogen-bond acceptors (Lipinski definition) is 5. The van der Waals surface area contributed by atoms with E-state index in [1.54, 1.807) is 19.4 Å². The summed E-state index contributed by atoms with van der Waals surface area (Å²) in [7, 11) is 1.60. The van der Waals surface area contributed by atoms with Crippen LogP contribution in [0.5, 0.6) is 5.75 Å². The van der Waals surface area contributed by atoms with Crippen molar-refractivity contribution in [3.05, 3.63) is 36.0 Å². The molecule has 2 heterocycles. The van der Waals surface area contributed by atoms with Gasteiger partial charge in [0.05, 0.1) is 12.6 Å². The van der Waals surface area contributed by atoms with Crippen molar-refractivity contribution < 1.29 is 19.0 Å². The second kappa shape index (κ2) is 12.2. The summed E-state index contributed by atoms with van der Waals surface area (Å²) in [6, 6.07) is 7.27. The summed E-state index contributed by atoms with van der Waals surface area (Å²) in [6.07, 6.45) is 3.82. The first-order valence-corrected chi connectivity index (χ1v) is 13.3. The third kappa shape index (κ3) is 7.84. The molecule has 1 N–H and O–H groups in total. The molecule has 0 radical (unpaired) electrons. The number of fused-ring (bicyclic) bond motifs is 1. The van der Waals surface area contributed by atoms with Gasteiger partial charge in [-0.2, -0.15) is 11.8 Å². The molecule has 0 spiro atoms. The third-order valence-electron chi connectivity index (χ3n) is 6.68. The number of carbonyl (C=O) groups is 1. The van der Waals surface area contributed by atoms with Crippen LogP contribution in [0.3, 0.4) is 0 Å². The lowest BCUT2D eigenvalue weighted by Crippen LogP contribution is -2.42. The number of benzene rings is 1. The number of pyridine rings is 1. The minimum Gasteiger partial charge on any atom is -0.497 e. The minimum absolute atomic E-state index is 0.0722. The third-order valence-corrected chi connectivity index (χ3v) is 8.04. The number of hydrogen-bond donors (Lipinski definition) is 1. The van der Waals surface area contributed by atoms with Crippen LogP contribution in [-0.4, -0.2) is 58.2 Å². The average molecular weight is 491 g/mol. The molecule has 1 aromatic carbocycles. The van der Waals surface area contributed by atoms with Crippen LogP contribution in [0.4, 0.5) is 4.39 Å². The number of methoxy groups -OCH3 is 1. The number of ether oxygens (including phenoxy) is 1. The molecule has 2 aromatic rings. The predicted octanol–water partition coefficient (Wildman–Crippen LogP) is 6.37. The van der Waals surface area contributed by atoms with Gasteiger partial charge in [-0.25, -0.2) is 4.39 Å². The van der Waals surface area contributed by atoms with E-state index >= 15 is 4.39 Å². The molecule has 1 aliphatic rings. The highest BCUT2D eigenvalue weighted by atomic mass is 32.2. The fourth-order valence-corrected chi connectivity index (χ4v) is 5.81. The van der Waals surface area contributed by atoms with Crippen molar-refractivity contribution in [3.63, 3.8) is 0 Å². The Bertz CT molecular complexity index is 949. The summed E-state index contributed by atoms with van der Waals surface area (Å²) < 4.78 is 21.0. The van der Waals surface area contributed by atoms with E-state index < -0.39 is 12.1 Å². The predicted molar refractivity (Wildman–Crippen MR) is 138 cm³/mol. The van der Waals surface area contributed by atoms with Gasteiger partial charge in [0.15, 0.2) is 0 Å². The first-order valence-electron chi connectivity index (χ1n) is 12.3. The molecule has 0 saturated carbocycles. The Hall–Kier alpha value is -1.86. The number of aromatic nitrogens is 1. The molecule has 1 aromatic heterocycles. The normalized spacial score (nSPS) is 20.4. The summed E-state index contributed by atoms with van der Waals surface area (Å²) in [5.74, 6) is 1.34. The van der Waals surface area contributed by atoms with Crippen molar-refractivity contribution in [2.75, 3.05) is 32.5 Å². The van der Waals surface area contributed by atoms with Gasteiger partial charge in [0.25, 0.3) is 0 Å². The lowest BCUT2D eigenvalue weighted by Gasteiger charge is -2.38. The molecule has 1 aliphatic heterocycles. The molecular formula is C27H39FN2O3S. The van der Waals surface area contributed by atoms with Crippen LogP contribution in [0, 0.1) is 11.8 Å². The summed E-state index contributed by atoms with van der Waals surface area (Å²) in [5, 5.41) is 10.3. The summed E-state index contributed by atoms with van der Waals surface area (Å²) >= 11 is 1.97. The zero-order valence-electron chi connectivity index (χ0n) is 20.9. The van der Waals surface area contributed by atoms with Crippen LogP contribution in [0.25, 0.3) is 10.9 Å². The van der Waals surface area contributed by atoms with E-state index in [9.17, 15) is 9.90 Å². The number of likely N-dealkylation sites (tertiary alicyclic amines) is 1. The highest BCUT2D eigenvalue weighted by Gasteiger charge is 2.31. The molecule has 0 bridgehead atoms. The number of halogens is 1. The molecule has 34 heavy (non-hydrogen) atoms. The number of carboxylic acids is 1. The Balaban J connectivity index is 1.59. The van der Waals surface area contributed by atoms with Gasteiger partial charge in [-0.3, -0.25) is 9.78 Å². The molecule has 0 aliphatic carbocycles. The van der Waals surface area contributed by atoms with Gasteiger partial charge in [-0.05, 0) is 86.2 Å². The van der Waals surface area contributed by atoms with Crippen LogP contribution < -0.4 is 4.74 Å². The van der Waals surface area contributed by atoms with E-state index in [1.807, 2.05) is 30.0 Å². The van der Waals surface area contributed by atoms with Gasteiger partial charge >= 0.3 is 5.97 Å². The second-order valence-corrected chi connectivity index (χ2v) is 12.3. The van der Waals surface area contributed by atoms with E-state index in [-0.39, 0.29) is 23.0 Å². The maximum Gasteiger partial charge on any atom is 0.303 e. The lowest BCUT2D eigenvalue weighted by molar-refractivity contribution is -0.139. The number of thioether (sulfide) groups is 1. The van der Waals surface area contributed by atoms with Gasteiger partial charge in [0.1, 0.15) is 11.9 Å². The van der Waals surface area contributed by atoms with E-state index in [2.05, 4.69) is 30.7 Å². The first kappa shape index (κ1) is 26.7. The first-order chi connectivity index (χ1) is 16.2. The highest BCUT2D eigenvalue weighted by molar-refractivity contribution is 8.00. The van der Waals surface area contributed by atoms with Crippen LogP contribution in [0.15, 0.2) is 30.5 Å².